The minimum atomic E-state index is 0.716. The Morgan fingerprint density at radius 1 is 1.28 bits per heavy atom. The summed E-state index contributed by atoms with van der Waals surface area (Å²) < 4.78 is 0. The van der Waals surface area contributed by atoms with Crippen LogP contribution in [0.2, 0.25) is 0 Å². The fraction of sp³-hybridized carbons (Fsp3) is 0.647. The van der Waals surface area contributed by atoms with Crippen LogP contribution in [-0.4, -0.2) is 17.5 Å². The van der Waals surface area contributed by atoms with Gasteiger partial charge in [0, 0.05) is 18.6 Å². The summed E-state index contributed by atoms with van der Waals surface area (Å²) in [5, 5.41) is 0. The maximum absolute atomic E-state index is 2.74. The van der Waals surface area contributed by atoms with Gasteiger partial charge in [-0.1, -0.05) is 38.0 Å². The highest BCUT2D eigenvalue weighted by atomic mass is 15.2. The monoisotopic (exact) mass is 243 g/mol. The molecule has 2 atom stereocenters. The van der Waals surface area contributed by atoms with Crippen LogP contribution in [0, 0.1) is 0 Å². The van der Waals surface area contributed by atoms with E-state index in [4.69, 9.17) is 0 Å². The normalized spacial score (nSPS) is 27.7. The van der Waals surface area contributed by atoms with Crippen molar-refractivity contribution in [2.45, 2.75) is 64.5 Å². The van der Waals surface area contributed by atoms with Crippen LogP contribution >= 0.6 is 0 Å². The average molecular weight is 243 g/mol. The number of fused-ring (bicyclic) bond motifs is 3. The standard InChI is InChI=1S/C17H25N/c1-3-5-14-8-9-16-15(12-14)10-11-18-13(2)6-4-7-17(16)18/h8-9,12-13,17H,3-7,10-11H2,1-2H3. The Kier molecular flexibility index (Phi) is 3.43. The van der Waals surface area contributed by atoms with Gasteiger partial charge in [0.05, 0.1) is 0 Å². The predicted octanol–water partition coefficient (Wildman–Crippen LogP) is 4.11. The molecule has 0 aromatic heterocycles. The maximum atomic E-state index is 2.74. The van der Waals surface area contributed by atoms with Crippen molar-refractivity contribution in [3.63, 3.8) is 0 Å². The van der Waals surface area contributed by atoms with Crippen LogP contribution in [-0.2, 0) is 12.8 Å². The van der Waals surface area contributed by atoms with E-state index in [0.717, 1.165) is 6.04 Å². The molecule has 2 aliphatic rings. The Hall–Kier alpha value is -0.820. The molecule has 1 nitrogen and oxygen atoms in total. The van der Waals surface area contributed by atoms with E-state index in [1.54, 1.807) is 11.1 Å². The van der Waals surface area contributed by atoms with E-state index in [-0.39, 0.29) is 0 Å². The zero-order valence-corrected chi connectivity index (χ0v) is 11.8. The molecule has 98 valence electrons. The topological polar surface area (TPSA) is 3.24 Å². The number of aryl methyl sites for hydroxylation is 1. The smallest absolute Gasteiger partial charge is 0.0353 e. The van der Waals surface area contributed by atoms with Crippen molar-refractivity contribution in [1.82, 2.24) is 4.90 Å². The molecule has 0 amide bonds. The number of hydrogen-bond acceptors (Lipinski definition) is 1. The number of benzene rings is 1. The van der Waals surface area contributed by atoms with Gasteiger partial charge in [-0.05, 0) is 49.3 Å². The van der Waals surface area contributed by atoms with E-state index in [2.05, 4.69) is 36.9 Å². The first-order chi connectivity index (χ1) is 8.79. The van der Waals surface area contributed by atoms with Gasteiger partial charge in [0.15, 0.2) is 0 Å². The zero-order valence-electron chi connectivity index (χ0n) is 11.8. The van der Waals surface area contributed by atoms with E-state index in [1.165, 1.54) is 50.6 Å². The van der Waals surface area contributed by atoms with E-state index in [9.17, 15) is 0 Å². The molecule has 0 saturated carbocycles. The van der Waals surface area contributed by atoms with Gasteiger partial charge >= 0.3 is 0 Å². The third-order valence-electron chi connectivity index (χ3n) is 4.81. The molecule has 2 aliphatic heterocycles. The summed E-state index contributed by atoms with van der Waals surface area (Å²) in [6.07, 6.45) is 7.90. The highest BCUT2D eigenvalue weighted by Crippen LogP contribution is 2.39. The third-order valence-corrected chi connectivity index (χ3v) is 4.81. The van der Waals surface area contributed by atoms with Crippen LogP contribution in [0.1, 0.15) is 62.3 Å². The lowest BCUT2D eigenvalue weighted by Crippen LogP contribution is -2.44. The van der Waals surface area contributed by atoms with E-state index in [0.29, 0.717) is 6.04 Å². The summed E-state index contributed by atoms with van der Waals surface area (Å²) in [6.45, 7) is 5.95. The second-order valence-electron chi connectivity index (χ2n) is 6.07. The van der Waals surface area contributed by atoms with Crippen molar-refractivity contribution in [2.24, 2.45) is 0 Å². The molecule has 2 heterocycles. The third kappa shape index (κ3) is 2.09. The lowest BCUT2D eigenvalue weighted by atomic mass is 9.83. The molecule has 0 radical (unpaired) electrons. The van der Waals surface area contributed by atoms with Crippen LogP contribution in [0.5, 0.6) is 0 Å². The van der Waals surface area contributed by atoms with E-state index >= 15 is 0 Å². The van der Waals surface area contributed by atoms with Crippen LogP contribution in [0.15, 0.2) is 18.2 Å². The van der Waals surface area contributed by atoms with Crippen molar-refractivity contribution in [3.05, 3.63) is 34.9 Å². The van der Waals surface area contributed by atoms with Crippen LogP contribution in [0.4, 0.5) is 0 Å². The van der Waals surface area contributed by atoms with Gasteiger partial charge in [0.25, 0.3) is 0 Å². The molecule has 0 N–H and O–H groups in total. The first kappa shape index (κ1) is 12.2. The SMILES string of the molecule is CCCc1ccc2c(c1)CCN1C(C)CCCC21. The molecule has 1 fully saturated rings. The summed E-state index contributed by atoms with van der Waals surface area (Å²) in [5.41, 5.74) is 4.80. The summed E-state index contributed by atoms with van der Waals surface area (Å²) in [5.74, 6) is 0. The molecular weight excluding hydrogens is 218 g/mol. The van der Waals surface area contributed by atoms with Crippen molar-refractivity contribution >= 4 is 0 Å². The fourth-order valence-electron chi connectivity index (χ4n) is 3.85. The first-order valence-electron chi connectivity index (χ1n) is 7.67. The Balaban J connectivity index is 1.90. The van der Waals surface area contributed by atoms with Gasteiger partial charge in [-0.25, -0.2) is 0 Å². The minimum absolute atomic E-state index is 0.716. The van der Waals surface area contributed by atoms with Crippen molar-refractivity contribution in [2.75, 3.05) is 6.54 Å². The number of hydrogen-bond donors (Lipinski definition) is 0. The maximum Gasteiger partial charge on any atom is 0.0353 e. The van der Waals surface area contributed by atoms with Crippen LogP contribution in [0.3, 0.4) is 0 Å². The molecule has 1 saturated heterocycles. The molecule has 0 spiro atoms. The lowest BCUT2D eigenvalue weighted by Gasteiger charge is -2.44. The van der Waals surface area contributed by atoms with Gasteiger partial charge < -0.3 is 0 Å². The second-order valence-corrected chi connectivity index (χ2v) is 6.07. The molecule has 3 rings (SSSR count). The van der Waals surface area contributed by atoms with Gasteiger partial charge in [-0.3, -0.25) is 4.90 Å². The molecule has 1 aromatic rings. The van der Waals surface area contributed by atoms with E-state index in [1.807, 2.05) is 0 Å². The average Bonchev–Trinajstić information content (AvgIpc) is 2.39. The number of piperidine rings is 1. The Bertz CT molecular complexity index is 424. The Morgan fingerprint density at radius 3 is 3.00 bits per heavy atom. The van der Waals surface area contributed by atoms with Gasteiger partial charge in [-0.15, -0.1) is 0 Å². The first-order valence-corrected chi connectivity index (χ1v) is 7.67. The largest absolute Gasteiger partial charge is 0.293 e. The lowest BCUT2D eigenvalue weighted by molar-refractivity contribution is 0.0843. The van der Waals surface area contributed by atoms with Crippen molar-refractivity contribution < 1.29 is 0 Å². The van der Waals surface area contributed by atoms with Gasteiger partial charge in [-0.2, -0.15) is 0 Å². The highest BCUT2D eigenvalue weighted by Gasteiger charge is 2.32. The molecule has 1 aromatic carbocycles. The van der Waals surface area contributed by atoms with Crippen LogP contribution < -0.4 is 0 Å². The zero-order chi connectivity index (χ0) is 12.5. The number of nitrogens with zero attached hydrogens (tertiary/aromatic N) is 1. The molecule has 2 unspecified atom stereocenters. The molecular formula is C17H25N. The molecule has 18 heavy (non-hydrogen) atoms. The molecule has 0 aliphatic carbocycles. The Morgan fingerprint density at radius 2 is 2.17 bits per heavy atom. The minimum Gasteiger partial charge on any atom is -0.293 e. The number of rotatable bonds is 2. The predicted molar refractivity (Wildman–Crippen MR) is 76.9 cm³/mol. The van der Waals surface area contributed by atoms with Gasteiger partial charge in [0.1, 0.15) is 0 Å². The summed E-state index contributed by atoms with van der Waals surface area (Å²) in [6, 6.07) is 8.77. The van der Waals surface area contributed by atoms with E-state index < -0.39 is 0 Å². The Labute approximate surface area is 111 Å². The van der Waals surface area contributed by atoms with Crippen molar-refractivity contribution in [3.8, 4) is 0 Å². The summed E-state index contributed by atoms with van der Waals surface area (Å²) in [7, 11) is 0. The summed E-state index contributed by atoms with van der Waals surface area (Å²) in [4.78, 5) is 2.74. The molecule has 0 bridgehead atoms. The molecule has 1 heteroatoms. The van der Waals surface area contributed by atoms with Gasteiger partial charge in [0.2, 0.25) is 0 Å². The summed E-state index contributed by atoms with van der Waals surface area (Å²) >= 11 is 0. The second kappa shape index (κ2) is 5.05. The van der Waals surface area contributed by atoms with Crippen molar-refractivity contribution in [1.29, 1.82) is 0 Å². The van der Waals surface area contributed by atoms with Crippen LogP contribution in [0.25, 0.3) is 0 Å². The quantitative estimate of drug-likeness (QED) is 0.755. The highest BCUT2D eigenvalue weighted by molar-refractivity contribution is 5.37. The fourth-order valence-corrected chi connectivity index (χ4v) is 3.85.